The molecule has 1 aliphatic heterocycles. The Morgan fingerprint density at radius 3 is 2.37 bits per heavy atom. The van der Waals surface area contributed by atoms with E-state index in [2.05, 4.69) is 64.3 Å². The van der Waals surface area contributed by atoms with Crippen LogP contribution in [0.4, 0.5) is 10.5 Å². The van der Waals surface area contributed by atoms with E-state index in [1.807, 2.05) is 12.1 Å². The monoisotopic (exact) mass is 410 g/mol. The van der Waals surface area contributed by atoms with Crippen molar-refractivity contribution < 1.29 is 14.3 Å². The maximum Gasteiger partial charge on any atom is 0.411 e. The van der Waals surface area contributed by atoms with Gasteiger partial charge in [0.05, 0.1) is 13.7 Å². The third kappa shape index (κ3) is 6.57. The second-order valence-corrected chi connectivity index (χ2v) is 8.21. The predicted octanol–water partition coefficient (Wildman–Crippen LogP) is 5.12. The largest absolute Gasteiger partial charge is 0.453 e. The third-order valence-electron chi connectivity index (χ3n) is 6.11. The van der Waals surface area contributed by atoms with Gasteiger partial charge in [-0.25, -0.2) is 4.79 Å². The van der Waals surface area contributed by atoms with Gasteiger partial charge in [0.2, 0.25) is 0 Å². The number of methoxy groups -OCH3 is 1. The van der Waals surface area contributed by atoms with Gasteiger partial charge in [0, 0.05) is 18.8 Å². The lowest BCUT2D eigenvalue weighted by molar-refractivity contribution is -0.00232. The summed E-state index contributed by atoms with van der Waals surface area (Å²) in [5.74, 6) is 0. The minimum atomic E-state index is -0.445. The molecule has 1 aliphatic rings. The number of ether oxygens (including phenoxy) is 2. The lowest BCUT2D eigenvalue weighted by atomic mass is 9.74. The van der Waals surface area contributed by atoms with Gasteiger partial charge in [-0.15, -0.1) is 0 Å². The van der Waals surface area contributed by atoms with Crippen LogP contribution in [-0.2, 0) is 22.4 Å². The van der Waals surface area contributed by atoms with Crippen molar-refractivity contribution in [2.24, 2.45) is 5.41 Å². The summed E-state index contributed by atoms with van der Waals surface area (Å²) in [6.45, 7) is 6.83. The molecular weight excluding hydrogens is 376 g/mol. The van der Waals surface area contributed by atoms with Gasteiger partial charge in [-0.3, -0.25) is 10.2 Å². The molecule has 0 unspecified atom stereocenters. The van der Waals surface area contributed by atoms with Crippen molar-refractivity contribution in [2.75, 3.05) is 38.7 Å². The van der Waals surface area contributed by atoms with Crippen LogP contribution < -0.4 is 5.32 Å². The molecule has 2 aromatic carbocycles. The number of nitrogens with zero attached hydrogens (tertiary/aromatic N) is 1. The predicted molar refractivity (Wildman–Crippen MR) is 121 cm³/mol. The fourth-order valence-corrected chi connectivity index (χ4v) is 4.15. The summed E-state index contributed by atoms with van der Waals surface area (Å²) in [6, 6.07) is 18.8. The van der Waals surface area contributed by atoms with Crippen LogP contribution >= 0.6 is 0 Å². The molecule has 1 fully saturated rings. The smallest absolute Gasteiger partial charge is 0.411 e. The van der Waals surface area contributed by atoms with Crippen LogP contribution in [0.5, 0.6) is 0 Å². The molecule has 5 nitrogen and oxygen atoms in total. The number of carbonyl (C=O) groups is 1. The fourth-order valence-electron chi connectivity index (χ4n) is 4.15. The molecule has 5 heteroatoms. The molecule has 30 heavy (non-hydrogen) atoms. The van der Waals surface area contributed by atoms with E-state index in [0.717, 1.165) is 45.0 Å². The molecule has 0 radical (unpaired) electrons. The highest BCUT2D eigenvalue weighted by Gasteiger charge is 2.34. The van der Waals surface area contributed by atoms with Gasteiger partial charge in [0.15, 0.2) is 0 Å². The maximum absolute atomic E-state index is 11.3. The number of likely N-dealkylation sites (tertiary alicyclic amines) is 1. The molecule has 1 heterocycles. The molecule has 0 saturated carbocycles. The molecule has 1 N–H and O–H groups in total. The lowest BCUT2D eigenvalue weighted by Gasteiger charge is -2.42. The minimum absolute atomic E-state index is 0.274. The van der Waals surface area contributed by atoms with E-state index >= 15 is 0 Å². The standard InChI is InChI=1S/C25H34N2O3/c1-3-30-20-25(14-13-21-7-5-4-6-8-21)15-17-27(18-16-25)19-22-9-11-23(12-10-22)26-24(28)29-2/h4-12H,3,13-20H2,1-2H3,(H,26,28). The van der Waals surface area contributed by atoms with Gasteiger partial charge in [0.1, 0.15) is 0 Å². The Morgan fingerprint density at radius 1 is 1.03 bits per heavy atom. The van der Waals surface area contributed by atoms with Crippen molar-refractivity contribution in [2.45, 2.75) is 39.2 Å². The summed E-state index contributed by atoms with van der Waals surface area (Å²) < 4.78 is 10.5. The van der Waals surface area contributed by atoms with E-state index in [1.54, 1.807) is 0 Å². The molecule has 162 valence electrons. The number of benzene rings is 2. The Morgan fingerprint density at radius 2 is 1.73 bits per heavy atom. The zero-order chi connectivity index (χ0) is 21.2. The summed E-state index contributed by atoms with van der Waals surface area (Å²) in [4.78, 5) is 13.8. The highest BCUT2D eigenvalue weighted by atomic mass is 16.5. The highest BCUT2D eigenvalue weighted by molar-refractivity contribution is 5.84. The summed E-state index contributed by atoms with van der Waals surface area (Å²) in [7, 11) is 1.37. The molecule has 2 aromatic rings. The number of nitrogens with one attached hydrogen (secondary N) is 1. The van der Waals surface area contributed by atoms with E-state index in [0.29, 0.717) is 0 Å². The van der Waals surface area contributed by atoms with Crippen molar-refractivity contribution in [3.05, 3.63) is 65.7 Å². The number of carbonyl (C=O) groups excluding carboxylic acids is 1. The average Bonchev–Trinajstić information content (AvgIpc) is 2.80. The Kier molecular flexibility index (Phi) is 8.29. The molecule has 0 atom stereocenters. The Labute approximate surface area is 180 Å². The van der Waals surface area contributed by atoms with Gasteiger partial charge in [0.25, 0.3) is 0 Å². The summed E-state index contributed by atoms with van der Waals surface area (Å²) in [5, 5.41) is 2.69. The molecular formula is C25H34N2O3. The lowest BCUT2D eigenvalue weighted by Crippen LogP contribution is -2.42. The normalized spacial score (nSPS) is 16.2. The van der Waals surface area contributed by atoms with E-state index in [4.69, 9.17) is 4.74 Å². The van der Waals surface area contributed by atoms with E-state index in [-0.39, 0.29) is 5.41 Å². The van der Waals surface area contributed by atoms with Gasteiger partial charge in [-0.05, 0) is 74.4 Å². The topological polar surface area (TPSA) is 50.8 Å². The molecule has 0 bridgehead atoms. The summed E-state index contributed by atoms with van der Waals surface area (Å²) in [6.07, 6.45) is 4.19. The van der Waals surface area contributed by atoms with Crippen LogP contribution in [0.25, 0.3) is 0 Å². The molecule has 3 rings (SSSR count). The molecule has 1 amide bonds. The first-order chi connectivity index (χ1) is 14.6. The van der Waals surface area contributed by atoms with Crippen LogP contribution in [0.15, 0.2) is 54.6 Å². The van der Waals surface area contributed by atoms with Gasteiger partial charge in [-0.2, -0.15) is 0 Å². The van der Waals surface area contributed by atoms with Crippen LogP contribution in [0.1, 0.15) is 37.3 Å². The molecule has 0 spiro atoms. The quantitative estimate of drug-likeness (QED) is 0.624. The van der Waals surface area contributed by atoms with Gasteiger partial charge >= 0.3 is 6.09 Å². The summed E-state index contributed by atoms with van der Waals surface area (Å²) in [5.41, 5.74) is 3.70. The first-order valence-electron chi connectivity index (χ1n) is 10.9. The number of hydrogen-bond acceptors (Lipinski definition) is 4. The van der Waals surface area contributed by atoms with Crippen molar-refractivity contribution in [1.82, 2.24) is 4.90 Å². The number of piperidine rings is 1. The SMILES string of the molecule is CCOCC1(CCc2ccccc2)CCN(Cc2ccc(NC(=O)OC)cc2)CC1. The minimum Gasteiger partial charge on any atom is -0.453 e. The first-order valence-corrected chi connectivity index (χ1v) is 10.9. The molecule has 0 aliphatic carbocycles. The Balaban J connectivity index is 1.53. The molecule has 0 aromatic heterocycles. The van der Waals surface area contributed by atoms with Gasteiger partial charge < -0.3 is 9.47 Å². The van der Waals surface area contributed by atoms with Crippen LogP contribution in [0.3, 0.4) is 0 Å². The van der Waals surface area contributed by atoms with Crippen LogP contribution in [0.2, 0.25) is 0 Å². The zero-order valence-electron chi connectivity index (χ0n) is 18.2. The van der Waals surface area contributed by atoms with E-state index < -0.39 is 6.09 Å². The van der Waals surface area contributed by atoms with Crippen molar-refractivity contribution >= 4 is 11.8 Å². The number of aryl methyl sites for hydroxylation is 1. The number of anilines is 1. The maximum atomic E-state index is 11.3. The second-order valence-electron chi connectivity index (χ2n) is 8.21. The molecule has 1 saturated heterocycles. The van der Waals surface area contributed by atoms with Crippen LogP contribution in [0, 0.1) is 5.41 Å². The zero-order valence-corrected chi connectivity index (χ0v) is 18.2. The Hall–Kier alpha value is -2.37. The second kappa shape index (κ2) is 11.1. The van der Waals surface area contributed by atoms with Crippen LogP contribution in [-0.4, -0.2) is 44.4 Å². The van der Waals surface area contributed by atoms with Gasteiger partial charge in [-0.1, -0.05) is 42.5 Å². The third-order valence-corrected chi connectivity index (χ3v) is 6.11. The van der Waals surface area contributed by atoms with Crippen molar-refractivity contribution in [3.63, 3.8) is 0 Å². The summed E-state index contributed by atoms with van der Waals surface area (Å²) >= 11 is 0. The number of amides is 1. The first kappa shape index (κ1) is 22.3. The fraction of sp³-hybridized carbons (Fsp3) is 0.480. The van der Waals surface area contributed by atoms with E-state index in [1.165, 1.54) is 37.5 Å². The Bertz CT molecular complexity index is 769. The van der Waals surface area contributed by atoms with E-state index in [9.17, 15) is 4.79 Å². The van der Waals surface area contributed by atoms with Crippen molar-refractivity contribution in [1.29, 1.82) is 0 Å². The number of hydrogen-bond donors (Lipinski definition) is 1. The average molecular weight is 411 g/mol. The number of rotatable bonds is 9. The highest BCUT2D eigenvalue weighted by Crippen LogP contribution is 2.37. The van der Waals surface area contributed by atoms with Crippen molar-refractivity contribution in [3.8, 4) is 0 Å².